The minimum Gasteiger partial charge on any atom is -0.326 e. The van der Waals surface area contributed by atoms with E-state index in [9.17, 15) is 4.39 Å². The molecule has 0 saturated heterocycles. The van der Waals surface area contributed by atoms with Crippen molar-refractivity contribution in [3.05, 3.63) is 35.1 Å². The molecule has 0 heterocycles. The van der Waals surface area contributed by atoms with Crippen LogP contribution in [0.4, 0.5) is 4.39 Å². The standard InChI is InChI=1S/C10H11FN2/c11-10-4-3-8(7-13)6-9(10)2-1-5-12/h3-4,6H,5,7,12-13H2. The largest absolute Gasteiger partial charge is 0.326 e. The summed E-state index contributed by atoms with van der Waals surface area (Å²) in [5.41, 5.74) is 11.8. The van der Waals surface area contributed by atoms with Crippen LogP contribution in [-0.4, -0.2) is 6.54 Å². The second-order valence-electron chi connectivity index (χ2n) is 2.52. The fourth-order valence-corrected chi connectivity index (χ4v) is 0.941. The molecule has 0 radical (unpaired) electrons. The first-order chi connectivity index (χ1) is 6.27. The first-order valence-electron chi connectivity index (χ1n) is 3.95. The van der Waals surface area contributed by atoms with Crippen molar-refractivity contribution in [2.75, 3.05) is 6.54 Å². The first-order valence-corrected chi connectivity index (χ1v) is 3.95. The van der Waals surface area contributed by atoms with Gasteiger partial charge in [-0.25, -0.2) is 4.39 Å². The van der Waals surface area contributed by atoms with Crippen LogP contribution in [0.25, 0.3) is 0 Å². The summed E-state index contributed by atoms with van der Waals surface area (Å²) in [6, 6.07) is 4.64. The first kappa shape index (κ1) is 9.72. The number of hydrogen-bond donors (Lipinski definition) is 2. The summed E-state index contributed by atoms with van der Waals surface area (Å²) < 4.78 is 13.0. The van der Waals surface area contributed by atoms with Gasteiger partial charge in [0, 0.05) is 6.54 Å². The molecule has 0 saturated carbocycles. The van der Waals surface area contributed by atoms with Crippen molar-refractivity contribution in [3.8, 4) is 11.8 Å². The highest BCUT2D eigenvalue weighted by atomic mass is 19.1. The summed E-state index contributed by atoms with van der Waals surface area (Å²) in [5, 5.41) is 0. The van der Waals surface area contributed by atoms with Crippen molar-refractivity contribution in [1.29, 1.82) is 0 Å². The zero-order chi connectivity index (χ0) is 9.68. The summed E-state index contributed by atoms with van der Waals surface area (Å²) in [4.78, 5) is 0. The van der Waals surface area contributed by atoms with Crippen molar-refractivity contribution < 1.29 is 4.39 Å². The molecule has 0 unspecified atom stereocenters. The van der Waals surface area contributed by atoms with Crippen molar-refractivity contribution in [1.82, 2.24) is 0 Å². The molecule has 0 atom stereocenters. The van der Waals surface area contributed by atoms with Gasteiger partial charge in [0.2, 0.25) is 0 Å². The molecule has 68 valence electrons. The molecular weight excluding hydrogens is 167 g/mol. The maximum absolute atomic E-state index is 13.0. The van der Waals surface area contributed by atoms with Gasteiger partial charge in [-0.2, -0.15) is 0 Å². The minimum absolute atomic E-state index is 0.228. The van der Waals surface area contributed by atoms with Gasteiger partial charge in [-0.15, -0.1) is 0 Å². The zero-order valence-electron chi connectivity index (χ0n) is 7.18. The summed E-state index contributed by atoms with van der Waals surface area (Å²) in [5.74, 6) is 4.90. The van der Waals surface area contributed by atoms with Crippen LogP contribution in [0.2, 0.25) is 0 Å². The number of hydrogen-bond acceptors (Lipinski definition) is 2. The normalized spacial score (nSPS) is 9.15. The van der Waals surface area contributed by atoms with E-state index in [1.54, 1.807) is 12.1 Å². The Morgan fingerprint density at radius 3 is 2.69 bits per heavy atom. The third kappa shape index (κ3) is 2.55. The molecule has 0 bridgehead atoms. The molecule has 0 aliphatic carbocycles. The Morgan fingerprint density at radius 1 is 1.31 bits per heavy atom. The average molecular weight is 178 g/mol. The van der Waals surface area contributed by atoms with Crippen LogP contribution in [0.3, 0.4) is 0 Å². The lowest BCUT2D eigenvalue weighted by atomic mass is 10.1. The van der Waals surface area contributed by atoms with Gasteiger partial charge in [0.05, 0.1) is 12.1 Å². The van der Waals surface area contributed by atoms with Crippen LogP contribution < -0.4 is 11.5 Å². The maximum atomic E-state index is 13.0. The van der Waals surface area contributed by atoms with Crippen LogP contribution in [0.5, 0.6) is 0 Å². The van der Waals surface area contributed by atoms with E-state index in [2.05, 4.69) is 11.8 Å². The van der Waals surface area contributed by atoms with Crippen LogP contribution >= 0.6 is 0 Å². The Bertz CT molecular complexity index is 350. The van der Waals surface area contributed by atoms with Crippen molar-refractivity contribution in [2.24, 2.45) is 11.5 Å². The van der Waals surface area contributed by atoms with E-state index in [1.807, 2.05) is 0 Å². The predicted octanol–water partition coefficient (Wildman–Crippen LogP) is 0.595. The molecule has 0 fully saturated rings. The molecule has 3 heteroatoms. The highest BCUT2D eigenvalue weighted by Gasteiger charge is 1.98. The molecule has 0 aliphatic rings. The molecule has 1 rings (SSSR count). The topological polar surface area (TPSA) is 52.0 Å². The minimum atomic E-state index is -0.335. The molecule has 0 aliphatic heterocycles. The Morgan fingerprint density at radius 2 is 2.08 bits per heavy atom. The van der Waals surface area contributed by atoms with Gasteiger partial charge in [0.25, 0.3) is 0 Å². The van der Waals surface area contributed by atoms with E-state index in [4.69, 9.17) is 11.5 Å². The quantitative estimate of drug-likeness (QED) is 0.618. The van der Waals surface area contributed by atoms with Crippen LogP contribution in [0.1, 0.15) is 11.1 Å². The van der Waals surface area contributed by atoms with Gasteiger partial charge in [0.1, 0.15) is 5.82 Å². The number of benzene rings is 1. The number of rotatable bonds is 1. The van der Waals surface area contributed by atoms with Gasteiger partial charge in [-0.1, -0.05) is 17.9 Å². The fourth-order valence-electron chi connectivity index (χ4n) is 0.941. The Hall–Kier alpha value is -1.37. The Kier molecular flexibility index (Phi) is 3.44. The van der Waals surface area contributed by atoms with Gasteiger partial charge in [-0.05, 0) is 17.7 Å². The molecular formula is C10H11FN2. The predicted molar refractivity (Wildman–Crippen MR) is 50.2 cm³/mol. The van der Waals surface area contributed by atoms with Crippen molar-refractivity contribution in [2.45, 2.75) is 6.54 Å². The van der Waals surface area contributed by atoms with E-state index >= 15 is 0 Å². The molecule has 2 nitrogen and oxygen atoms in total. The summed E-state index contributed by atoms with van der Waals surface area (Å²) in [6.07, 6.45) is 0. The number of nitrogens with two attached hydrogens (primary N) is 2. The molecule has 0 amide bonds. The molecule has 4 N–H and O–H groups in total. The van der Waals surface area contributed by atoms with Gasteiger partial charge in [0.15, 0.2) is 0 Å². The van der Waals surface area contributed by atoms with E-state index in [1.165, 1.54) is 6.07 Å². The Balaban J connectivity index is 3.04. The smallest absolute Gasteiger partial charge is 0.138 e. The van der Waals surface area contributed by atoms with E-state index < -0.39 is 0 Å². The summed E-state index contributed by atoms with van der Waals surface area (Å²) >= 11 is 0. The van der Waals surface area contributed by atoms with Crippen molar-refractivity contribution >= 4 is 0 Å². The SMILES string of the molecule is NCC#Cc1cc(CN)ccc1F. The highest BCUT2D eigenvalue weighted by Crippen LogP contribution is 2.08. The lowest BCUT2D eigenvalue weighted by Crippen LogP contribution is -1.98. The van der Waals surface area contributed by atoms with Gasteiger partial charge < -0.3 is 11.5 Å². The Labute approximate surface area is 76.7 Å². The third-order valence-corrected chi connectivity index (χ3v) is 1.59. The van der Waals surface area contributed by atoms with Gasteiger partial charge >= 0.3 is 0 Å². The summed E-state index contributed by atoms with van der Waals surface area (Å²) in [6.45, 7) is 0.615. The van der Waals surface area contributed by atoms with Crippen LogP contribution in [0.15, 0.2) is 18.2 Å². The van der Waals surface area contributed by atoms with Gasteiger partial charge in [-0.3, -0.25) is 0 Å². The average Bonchev–Trinajstić information content (AvgIpc) is 2.17. The van der Waals surface area contributed by atoms with Crippen LogP contribution in [0, 0.1) is 17.7 Å². The maximum Gasteiger partial charge on any atom is 0.138 e. The highest BCUT2D eigenvalue weighted by molar-refractivity contribution is 5.38. The lowest BCUT2D eigenvalue weighted by molar-refractivity contribution is 0.623. The fraction of sp³-hybridized carbons (Fsp3) is 0.200. The van der Waals surface area contributed by atoms with Crippen molar-refractivity contribution in [3.63, 3.8) is 0 Å². The molecule has 13 heavy (non-hydrogen) atoms. The van der Waals surface area contributed by atoms with E-state index in [-0.39, 0.29) is 12.4 Å². The lowest BCUT2D eigenvalue weighted by Gasteiger charge is -1.98. The monoisotopic (exact) mass is 178 g/mol. The van der Waals surface area contributed by atoms with E-state index in [0.29, 0.717) is 12.1 Å². The molecule has 1 aromatic carbocycles. The summed E-state index contributed by atoms with van der Waals surface area (Å²) in [7, 11) is 0. The molecule has 1 aromatic rings. The second-order valence-corrected chi connectivity index (χ2v) is 2.52. The molecule has 0 spiro atoms. The third-order valence-electron chi connectivity index (χ3n) is 1.59. The zero-order valence-corrected chi connectivity index (χ0v) is 7.18. The number of halogens is 1. The van der Waals surface area contributed by atoms with E-state index in [0.717, 1.165) is 5.56 Å². The van der Waals surface area contributed by atoms with Crippen LogP contribution in [-0.2, 0) is 6.54 Å². The second kappa shape index (κ2) is 4.61. The molecule has 0 aromatic heterocycles.